The van der Waals surface area contributed by atoms with Gasteiger partial charge in [0, 0.05) is 38.0 Å². The third-order valence-corrected chi connectivity index (χ3v) is 7.82. The lowest BCUT2D eigenvalue weighted by Crippen LogP contribution is -2.22. The van der Waals surface area contributed by atoms with Crippen LogP contribution in [0.2, 0.25) is 25.7 Å². The molecule has 0 radical (unpaired) electrons. The van der Waals surface area contributed by atoms with Crippen LogP contribution >= 0.6 is 0 Å². The molecule has 1 atom stereocenters. The molecular weight excluding hydrogens is 472 g/mol. The fourth-order valence-corrected chi connectivity index (χ4v) is 4.77. The average Bonchev–Trinajstić information content (AvgIpc) is 3.52. The van der Waals surface area contributed by atoms with E-state index in [2.05, 4.69) is 40.8 Å². The Kier molecular flexibility index (Phi) is 7.33. The van der Waals surface area contributed by atoms with E-state index in [9.17, 15) is 10.1 Å². The molecule has 3 heterocycles. The molecule has 0 fully saturated rings. The number of fused-ring (bicyclic) bond motifs is 1. The number of aromatic nitrogens is 5. The van der Waals surface area contributed by atoms with Gasteiger partial charge in [-0.3, -0.25) is 4.68 Å². The maximum absolute atomic E-state index is 12.1. The third kappa shape index (κ3) is 5.22. The van der Waals surface area contributed by atoms with Gasteiger partial charge in [-0.25, -0.2) is 14.8 Å². The standard InChI is InChI=1S/C26H30N6O3Si/c1-18(20-7-6-8-21(23(20)13-27)26(33)34-2)32-15-19(14-30-32)24-22-9-10-31(25(22)29-16-28-24)17-35-11-12-36(3,4)5/h6-10,14-16,18H,11-12,17H2,1-5H3. The van der Waals surface area contributed by atoms with Crippen LogP contribution in [0.1, 0.15) is 34.5 Å². The summed E-state index contributed by atoms with van der Waals surface area (Å²) in [5.41, 5.74) is 3.60. The number of nitrogens with zero attached hydrogens (tertiary/aromatic N) is 6. The molecule has 4 rings (SSSR count). The average molecular weight is 503 g/mol. The van der Waals surface area contributed by atoms with Crippen LogP contribution in [-0.2, 0) is 16.2 Å². The zero-order valence-electron chi connectivity index (χ0n) is 21.2. The Hall–Kier alpha value is -3.81. The summed E-state index contributed by atoms with van der Waals surface area (Å²) >= 11 is 0. The molecule has 36 heavy (non-hydrogen) atoms. The number of methoxy groups -OCH3 is 1. The third-order valence-electron chi connectivity index (χ3n) is 6.12. The van der Waals surface area contributed by atoms with Crippen molar-refractivity contribution in [1.29, 1.82) is 5.26 Å². The summed E-state index contributed by atoms with van der Waals surface area (Å²) in [6.07, 6.45) is 7.14. The number of ether oxygens (including phenoxy) is 2. The lowest BCUT2D eigenvalue weighted by Gasteiger charge is -2.16. The normalized spacial score (nSPS) is 12.4. The molecule has 1 aromatic carbocycles. The second-order valence-corrected chi connectivity index (χ2v) is 15.5. The van der Waals surface area contributed by atoms with E-state index in [-0.39, 0.29) is 17.2 Å². The summed E-state index contributed by atoms with van der Waals surface area (Å²) in [5, 5.41) is 15.2. The highest BCUT2D eigenvalue weighted by molar-refractivity contribution is 6.76. The van der Waals surface area contributed by atoms with Crippen molar-refractivity contribution in [3.63, 3.8) is 0 Å². The first-order valence-electron chi connectivity index (χ1n) is 11.8. The summed E-state index contributed by atoms with van der Waals surface area (Å²) in [4.78, 5) is 21.1. The number of nitriles is 1. The van der Waals surface area contributed by atoms with Gasteiger partial charge in [0.15, 0.2) is 0 Å². The van der Waals surface area contributed by atoms with Gasteiger partial charge in [-0.05, 0) is 30.7 Å². The van der Waals surface area contributed by atoms with E-state index in [1.807, 2.05) is 36.0 Å². The number of carbonyl (C=O) groups excluding carboxylic acids is 1. The fraction of sp³-hybridized carbons (Fsp3) is 0.346. The van der Waals surface area contributed by atoms with E-state index >= 15 is 0 Å². The number of rotatable bonds is 9. The number of esters is 1. The molecule has 0 bridgehead atoms. The highest BCUT2D eigenvalue weighted by Crippen LogP contribution is 2.29. The predicted octanol–water partition coefficient (Wildman–Crippen LogP) is 4.87. The molecule has 0 aliphatic carbocycles. The van der Waals surface area contributed by atoms with Crippen molar-refractivity contribution in [1.82, 2.24) is 24.3 Å². The molecule has 0 N–H and O–H groups in total. The molecule has 0 aliphatic rings. The zero-order valence-corrected chi connectivity index (χ0v) is 22.2. The maximum atomic E-state index is 12.1. The Labute approximate surface area is 211 Å². The lowest BCUT2D eigenvalue weighted by molar-refractivity contribution is 0.0600. The molecule has 0 saturated heterocycles. The van der Waals surface area contributed by atoms with Crippen molar-refractivity contribution in [3.05, 3.63) is 65.9 Å². The number of hydrogen-bond donors (Lipinski definition) is 0. The highest BCUT2D eigenvalue weighted by Gasteiger charge is 2.21. The van der Waals surface area contributed by atoms with Crippen molar-refractivity contribution >= 4 is 25.1 Å². The summed E-state index contributed by atoms with van der Waals surface area (Å²) in [7, 11) is 0.156. The second kappa shape index (κ2) is 10.4. The van der Waals surface area contributed by atoms with Crippen LogP contribution in [0.15, 0.2) is 49.2 Å². The van der Waals surface area contributed by atoms with E-state index in [1.165, 1.54) is 7.11 Å². The molecule has 186 valence electrons. The number of hydrogen-bond acceptors (Lipinski definition) is 7. The van der Waals surface area contributed by atoms with Crippen molar-refractivity contribution in [2.24, 2.45) is 0 Å². The van der Waals surface area contributed by atoms with Crippen molar-refractivity contribution in [3.8, 4) is 17.3 Å². The van der Waals surface area contributed by atoms with Crippen LogP contribution in [0.3, 0.4) is 0 Å². The number of benzene rings is 1. The van der Waals surface area contributed by atoms with Gasteiger partial charge < -0.3 is 14.0 Å². The zero-order chi connectivity index (χ0) is 25.9. The van der Waals surface area contributed by atoms with E-state index in [0.717, 1.165) is 34.9 Å². The quantitative estimate of drug-likeness (QED) is 0.182. The molecule has 9 nitrogen and oxygen atoms in total. The van der Waals surface area contributed by atoms with Crippen LogP contribution in [0.25, 0.3) is 22.3 Å². The summed E-state index contributed by atoms with van der Waals surface area (Å²) in [6.45, 7) is 10.1. The van der Waals surface area contributed by atoms with E-state index in [4.69, 9.17) is 9.47 Å². The summed E-state index contributed by atoms with van der Waals surface area (Å²) in [6, 6.07) is 10.1. The minimum atomic E-state index is -1.14. The van der Waals surface area contributed by atoms with Gasteiger partial charge >= 0.3 is 5.97 Å². The first-order valence-corrected chi connectivity index (χ1v) is 15.5. The van der Waals surface area contributed by atoms with Crippen LogP contribution in [0.5, 0.6) is 0 Å². The van der Waals surface area contributed by atoms with Gasteiger partial charge in [0.25, 0.3) is 0 Å². The minimum Gasteiger partial charge on any atom is -0.465 e. The van der Waals surface area contributed by atoms with E-state index in [0.29, 0.717) is 12.3 Å². The minimum absolute atomic E-state index is 0.239. The molecule has 3 aromatic heterocycles. The summed E-state index contributed by atoms with van der Waals surface area (Å²) < 4.78 is 14.5. The Balaban J connectivity index is 1.60. The molecular formula is C26H30N6O3Si. The van der Waals surface area contributed by atoms with Gasteiger partial charge in [-0.2, -0.15) is 10.4 Å². The maximum Gasteiger partial charge on any atom is 0.339 e. The lowest BCUT2D eigenvalue weighted by atomic mass is 9.97. The Morgan fingerprint density at radius 1 is 1.22 bits per heavy atom. The first kappa shape index (κ1) is 25.3. The first-order chi connectivity index (χ1) is 17.2. The molecule has 1 unspecified atom stereocenters. The topological polar surface area (TPSA) is 108 Å². The van der Waals surface area contributed by atoms with Crippen LogP contribution in [0.4, 0.5) is 0 Å². The molecule has 0 amide bonds. The van der Waals surface area contributed by atoms with Crippen LogP contribution in [0, 0.1) is 11.3 Å². The highest BCUT2D eigenvalue weighted by atomic mass is 28.3. The van der Waals surface area contributed by atoms with E-state index < -0.39 is 14.0 Å². The van der Waals surface area contributed by atoms with Gasteiger partial charge in [0.05, 0.1) is 36.2 Å². The molecule has 0 aliphatic heterocycles. The predicted molar refractivity (Wildman–Crippen MR) is 139 cm³/mol. The number of carbonyl (C=O) groups is 1. The van der Waals surface area contributed by atoms with Crippen LogP contribution < -0.4 is 0 Å². The Morgan fingerprint density at radius 3 is 2.75 bits per heavy atom. The SMILES string of the molecule is COC(=O)c1cccc(C(C)n2cc(-c3ncnc4c3ccn4COCC[Si](C)(C)C)cn2)c1C#N. The van der Waals surface area contributed by atoms with Gasteiger partial charge in [-0.1, -0.05) is 31.8 Å². The molecule has 4 aromatic rings. The van der Waals surface area contributed by atoms with Crippen molar-refractivity contribution < 1.29 is 14.3 Å². The largest absolute Gasteiger partial charge is 0.465 e. The van der Waals surface area contributed by atoms with E-state index in [1.54, 1.807) is 29.3 Å². The van der Waals surface area contributed by atoms with Gasteiger partial charge in [0.1, 0.15) is 24.8 Å². The monoisotopic (exact) mass is 502 g/mol. The fourth-order valence-electron chi connectivity index (χ4n) is 4.02. The second-order valence-electron chi connectivity index (χ2n) is 9.85. The van der Waals surface area contributed by atoms with Gasteiger partial charge in [-0.15, -0.1) is 0 Å². The Bertz CT molecular complexity index is 1430. The summed E-state index contributed by atoms with van der Waals surface area (Å²) in [5.74, 6) is -0.542. The van der Waals surface area contributed by atoms with Crippen molar-refractivity contribution in [2.45, 2.75) is 45.4 Å². The molecule has 0 saturated carbocycles. The van der Waals surface area contributed by atoms with Crippen molar-refractivity contribution in [2.75, 3.05) is 13.7 Å². The van der Waals surface area contributed by atoms with Gasteiger partial charge in [0.2, 0.25) is 0 Å². The smallest absolute Gasteiger partial charge is 0.339 e. The Morgan fingerprint density at radius 2 is 2.03 bits per heavy atom. The van der Waals surface area contributed by atoms with Crippen LogP contribution in [-0.4, -0.2) is 52.1 Å². The molecule has 0 spiro atoms. The molecule has 10 heteroatoms.